The van der Waals surface area contributed by atoms with Crippen molar-refractivity contribution in [3.63, 3.8) is 0 Å². The first-order chi connectivity index (χ1) is 9.33. The number of hydrogen-bond acceptors (Lipinski definition) is 4. The number of methoxy groups -OCH3 is 2. The summed E-state index contributed by atoms with van der Waals surface area (Å²) in [7, 11) is 3.35. The summed E-state index contributed by atoms with van der Waals surface area (Å²) in [5.74, 6) is 2.42. The third-order valence-corrected chi connectivity index (χ3v) is 3.56. The van der Waals surface area contributed by atoms with Crippen LogP contribution in [-0.4, -0.2) is 34.0 Å². The molecule has 1 aromatic rings. The molecule has 2 rings (SSSR count). The van der Waals surface area contributed by atoms with Crippen LogP contribution in [0.25, 0.3) is 0 Å². The molecule has 1 aliphatic rings. The molecule has 0 aromatic heterocycles. The van der Waals surface area contributed by atoms with Crippen molar-refractivity contribution in [1.82, 2.24) is 5.32 Å². The molecule has 0 bridgehead atoms. The molecule has 1 aliphatic heterocycles. The SMILES string of the molecule is COc1ccc(CNCCC2CCOC2)c(OC)c1. The predicted octanol–water partition coefficient (Wildman–Crippen LogP) is 2.22. The number of rotatable bonds is 7. The highest BCUT2D eigenvalue weighted by Crippen LogP contribution is 2.24. The maximum atomic E-state index is 5.38. The van der Waals surface area contributed by atoms with Gasteiger partial charge in [-0.15, -0.1) is 0 Å². The summed E-state index contributed by atoms with van der Waals surface area (Å²) >= 11 is 0. The minimum atomic E-state index is 0.727. The summed E-state index contributed by atoms with van der Waals surface area (Å²) in [5.41, 5.74) is 1.16. The number of ether oxygens (including phenoxy) is 3. The van der Waals surface area contributed by atoms with Crippen LogP contribution in [-0.2, 0) is 11.3 Å². The number of benzene rings is 1. The van der Waals surface area contributed by atoms with Crippen LogP contribution in [0.15, 0.2) is 18.2 Å². The Kier molecular flexibility index (Phi) is 5.48. The van der Waals surface area contributed by atoms with Crippen molar-refractivity contribution in [2.45, 2.75) is 19.4 Å². The van der Waals surface area contributed by atoms with Gasteiger partial charge in [-0.05, 0) is 31.4 Å². The minimum Gasteiger partial charge on any atom is -0.497 e. The lowest BCUT2D eigenvalue weighted by Gasteiger charge is -2.12. The van der Waals surface area contributed by atoms with Gasteiger partial charge in [0.15, 0.2) is 0 Å². The number of nitrogens with one attached hydrogen (secondary N) is 1. The Morgan fingerprint density at radius 3 is 2.89 bits per heavy atom. The van der Waals surface area contributed by atoms with E-state index in [2.05, 4.69) is 5.32 Å². The zero-order valence-electron chi connectivity index (χ0n) is 11.8. The molecule has 1 atom stereocenters. The summed E-state index contributed by atoms with van der Waals surface area (Å²) in [6.45, 7) is 3.69. The fourth-order valence-electron chi connectivity index (χ4n) is 2.34. The standard InChI is InChI=1S/C15H23NO3/c1-17-14-4-3-13(15(9-14)18-2)10-16-7-5-12-6-8-19-11-12/h3-4,9,12,16H,5-8,10-11H2,1-2H3. The molecule has 1 fully saturated rings. The molecule has 1 unspecified atom stereocenters. The maximum absolute atomic E-state index is 5.38. The molecule has 0 saturated carbocycles. The Balaban J connectivity index is 1.78. The summed E-state index contributed by atoms with van der Waals surface area (Å²) in [6, 6.07) is 5.93. The van der Waals surface area contributed by atoms with Crippen LogP contribution in [0.2, 0.25) is 0 Å². The Bertz CT molecular complexity index is 389. The van der Waals surface area contributed by atoms with Gasteiger partial charge in [-0.2, -0.15) is 0 Å². The van der Waals surface area contributed by atoms with Crippen molar-refractivity contribution in [2.24, 2.45) is 5.92 Å². The first-order valence-corrected chi connectivity index (χ1v) is 6.83. The lowest BCUT2D eigenvalue weighted by Crippen LogP contribution is -2.18. The molecule has 4 heteroatoms. The van der Waals surface area contributed by atoms with Crippen molar-refractivity contribution in [3.05, 3.63) is 23.8 Å². The van der Waals surface area contributed by atoms with Gasteiger partial charge in [-0.25, -0.2) is 0 Å². The van der Waals surface area contributed by atoms with Crippen molar-refractivity contribution in [3.8, 4) is 11.5 Å². The molecule has 0 spiro atoms. The highest BCUT2D eigenvalue weighted by molar-refractivity contribution is 5.40. The molecule has 1 saturated heterocycles. The van der Waals surface area contributed by atoms with Gasteiger partial charge < -0.3 is 19.5 Å². The molecular formula is C15H23NO3. The number of hydrogen-bond donors (Lipinski definition) is 1. The fourth-order valence-corrected chi connectivity index (χ4v) is 2.34. The smallest absolute Gasteiger partial charge is 0.127 e. The molecule has 106 valence electrons. The Morgan fingerprint density at radius 1 is 1.32 bits per heavy atom. The van der Waals surface area contributed by atoms with Crippen LogP contribution >= 0.6 is 0 Å². The molecule has 0 amide bonds. The van der Waals surface area contributed by atoms with Crippen LogP contribution in [0.5, 0.6) is 11.5 Å². The lowest BCUT2D eigenvalue weighted by atomic mass is 10.1. The summed E-state index contributed by atoms with van der Waals surface area (Å²) in [5, 5.41) is 3.46. The Morgan fingerprint density at radius 2 is 2.21 bits per heavy atom. The molecule has 19 heavy (non-hydrogen) atoms. The second-order valence-corrected chi connectivity index (χ2v) is 4.87. The predicted molar refractivity (Wildman–Crippen MR) is 74.8 cm³/mol. The van der Waals surface area contributed by atoms with E-state index in [9.17, 15) is 0 Å². The van der Waals surface area contributed by atoms with E-state index in [0.717, 1.165) is 49.3 Å². The van der Waals surface area contributed by atoms with Gasteiger partial charge in [-0.3, -0.25) is 0 Å². The first kappa shape index (κ1) is 14.2. The molecule has 4 nitrogen and oxygen atoms in total. The summed E-state index contributed by atoms with van der Waals surface area (Å²) < 4.78 is 15.9. The topological polar surface area (TPSA) is 39.7 Å². The molecule has 1 aromatic carbocycles. The average molecular weight is 265 g/mol. The summed E-state index contributed by atoms with van der Waals surface area (Å²) in [6.07, 6.45) is 2.38. The van der Waals surface area contributed by atoms with Crippen LogP contribution < -0.4 is 14.8 Å². The largest absolute Gasteiger partial charge is 0.497 e. The van der Waals surface area contributed by atoms with Gasteiger partial charge in [-0.1, -0.05) is 6.07 Å². The van der Waals surface area contributed by atoms with Gasteiger partial charge in [0, 0.05) is 31.4 Å². The van der Waals surface area contributed by atoms with E-state index in [1.165, 1.54) is 12.8 Å². The van der Waals surface area contributed by atoms with E-state index >= 15 is 0 Å². The van der Waals surface area contributed by atoms with E-state index in [0.29, 0.717) is 0 Å². The molecular weight excluding hydrogens is 242 g/mol. The zero-order valence-corrected chi connectivity index (χ0v) is 11.8. The third-order valence-electron chi connectivity index (χ3n) is 3.56. The molecule has 1 heterocycles. The van der Waals surface area contributed by atoms with Gasteiger partial charge in [0.1, 0.15) is 11.5 Å². The lowest BCUT2D eigenvalue weighted by molar-refractivity contribution is 0.184. The van der Waals surface area contributed by atoms with Crippen LogP contribution in [0, 0.1) is 5.92 Å². The van der Waals surface area contributed by atoms with Crippen molar-refractivity contribution in [2.75, 3.05) is 34.0 Å². The monoisotopic (exact) mass is 265 g/mol. The second kappa shape index (κ2) is 7.36. The molecule has 0 radical (unpaired) electrons. The molecule has 1 N–H and O–H groups in total. The Labute approximate surface area is 115 Å². The van der Waals surface area contributed by atoms with Crippen molar-refractivity contribution < 1.29 is 14.2 Å². The normalized spacial score (nSPS) is 18.5. The quantitative estimate of drug-likeness (QED) is 0.767. The van der Waals surface area contributed by atoms with E-state index in [-0.39, 0.29) is 0 Å². The van der Waals surface area contributed by atoms with Crippen molar-refractivity contribution in [1.29, 1.82) is 0 Å². The zero-order chi connectivity index (χ0) is 13.5. The van der Waals surface area contributed by atoms with E-state index in [1.54, 1.807) is 14.2 Å². The van der Waals surface area contributed by atoms with Gasteiger partial charge in [0.05, 0.1) is 14.2 Å². The van der Waals surface area contributed by atoms with Gasteiger partial charge in [0.2, 0.25) is 0 Å². The third kappa shape index (κ3) is 4.11. The van der Waals surface area contributed by atoms with E-state index < -0.39 is 0 Å². The fraction of sp³-hybridized carbons (Fsp3) is 0.600. The van der Waals surface area contributed by atoms with E-state index in [1.807, 2.05) is 18.2 Å². The Hall–Kier alpha value is -1.26. The van der Waals surface area contributed by atoms with Crippen LogP contribution in [0.1, 0.15) is 18.4 Å². The van der Waals surface area contributed by atoms with E-state index in [4.69, 9.17) is 14.2 Å². The average Bonchev–Trinajstić information content (AvgIpc) is 2.96. The second-order valence-electron chi connectivity index (χ2n) is 4.87. The minimum absolute atomic E-state index is 0.727. The first-order valence-electron chi connectivity index (χ1n) is 6.83. The van der Waals surface area contributed by atoms with Gasteiger partial charge in [0.25, 0.3) is 0 Å². The maximum Gasteiger partial charge on any atom is 0.127 e. The van der Waals surface area contributed by atoms with Crippen molar-refractivity contribution >= 4 is 0 Å². The summed E-state index contributed by atoms with van der Waals surface area (Å²) in [4.78, 5) is 0. The highest BCUT2D eigenvalue weighted by Gasteiger charge is 2.14. The highest BCUT2D eigenvalue weighted by atomic mass is 16.5. The van der Waals surface area contributed by atoms with Gasteiger partial charge >= 0.3 is 0 Å². The van der Waals surface area contributed by atoms with Crippen LogP contribution in [0.3, 0.4) is 0 Å². The molecule has 0 aliphatic carbocycles. The van der Waals surface area contributed by atoms with Crippen LogP contribution in [0.4, 0.5) is 0 Å².